The van der Waals surface area contributed by atoms with Crippen LogP contribution in [0.25, 0.3) is 0 Å². The number of fused-ring (bicyclic) bond motifs is 1. The van der Waals surface area contributed by atoms with Crippen LogP contribution in [0.5, 0.6) is 0 Å². The Morgan fingerprint density at radius 3 is 3.05 bits per heavy atom. The van der Waals surface area contributed by atoms with Crippen LogP contribution in [-0.4, -0.2) is 25.0 Å². The Labute approximate surface area is 115 Å². The predicted molar refractivity (Wildman–Crippen MR) is 77.5 cm³/mol. The summed E-state index contributed by atoms with van der Waals surface area (Å²) >= 11 is 0. The van der Waals surface area contributed by atoms with Gasteiger partial charge in [-0.3, -0.25) is 4.79 Å². The van der Waals surface area contributed by atoms with Crippen molar-refractivity contribution in [1.29, 1.82) is 0 Å². The van der Waals surface area contributed by atoms with Gasteiger partial charge in [0.25, 0.3) is 0 Å². The van der Waals surface area contributed by atoms with Crippen LogP contribution in [-0.2, 0) is 17.6 Å². The summed E-state index contributed by atoms with van der Waals surface area (Å²) in [6.07, 6.45) is 6.04. The Hall–Kier alpha value is -1.35. The number of carbonyl (C=O) groups is 1. The molecule has 1 unspecified atom stereocenters. The minimum Gasteiger partial charge on any atom is -0.314 e. The molecule has 3 nitrogen and oxygen atoms in total. The minimum atomic E-state index is 0.159. The molecule has 3 heteroatoms. The summed E-state index contributed by atoms with van der Waals surface area (Å²) in [5.41, 5.74) is 3.96. The van der Waals surface area contributed by atoms with E-state index < -0.39 is 0 Å². The van der Waals surface area contributed by atoms with Gasteiger partial charge in [-0.1, -0.05) is 18.6 Å². The Bertz CT molecular complexity index is 478. The van der Waals surface area contributed by atoms with E-state index in [-0.39, 0.29) is 5.91 Å². The molecule has 1 aromatic carbocycles. The van der Waals surface area contributed by atoms with Gasteiger partial charge in [-0.2, -0.15) is 0 Å². The number of hydrogen-bond acceptors (Lipinski definition) is 2. The van der Waals surface area contributed by atoms with Crippen molar-refractivity contribution in [3.63, 3.8) is 0 Å². The molecule has 0 radical (unpaired) electrons. The highest BCUT2D eigenvalue weighted by molar-refractivity contribution is 5.94. The Morgan fingerprint density at radius 1 is 1.42 bits per heavy atom. The van der Waals surface area contributed by atoms with Crippen molar-refractivity contribution >= 4 is 11.6 Å². The maximum Gasteiger partial charge on any atom is 0.223 e. The Morgan fingerprint density at radius 2 is 2.32 bits per heavy atom. The molecule has 1 aromatic rings. The summed E-state index contributed by atoms with van der Waals surface area (Å²) in [5, 5.41) is 3.61. The van der Waals surface area contributed by atoms with Crippen LogP contribution in [0.2, 0.25) is 0 Å². The van der Waals surface area contributed by atoms with E-state index in [9.17, 15) is 4.79 Å². The van der Waals surface area contributed by atoms with Gasteiger partial charge in [0.15, 0.2) is 0 Å². The fraction of sp³-hybridized carbons (Fsp3) is 0.562. The molecule has 0 bridgehead atoms. The maximum atomic E-state index is 11.6. The van der Waals surface area contributed by atoms with Crippen LogP contribution in [0.3, 0.4) is 0 Å². The molecule has 0 spiro atoms. The number of nitrogens with zero attached hydrogens (tertiary/aromatic N) is 1. The monoisotopic (exact) mass is 258 g/mol. The smallest absolute Gasteiger partial charge is 0.223 e. The standard InChI is InChI=1S/C16H22N2O/c1-12(19)18-10-8-15-13(5-4-7-16(15)18)11-14-6-2-3-9-17-14/h4-5,7,14,17H,2-3,6,8-11H2,1H3. The summed E-state index contributed by atoms with van der Waals surface area (Å²) in [4.78, 5) is 13.5. The molecule has 3 rings (SSSR count). The molecule has 1 saturated heterocycles. The van der Waals surface area contributed by atoms with Gasteiger partial charge in [0.2, 0.25) is 5.91 Å². The highest BCUT2D eigenvalue weighted by Crippen LogP contribution is 2.31. The third-order valence-electron chi connectivity index (χ3n) is 4.38. The molecule has 2 heterocycles. The average Bonchev–Trinajstić information content (AvgIpc) is 2.85. The molecular formula is C16H22N2O. The van der Waals surface area contributed by atoms with Crippen molar-refractivity contribution in [2.24, 2.45) is 0 Å². The molecule has 0 aromatic heterocycles. The second-order valence-electron chi connectivity index (χ2n) is 5.69. The van der Waals surface area contributed by atoms with Gasteiger partial charge in [-0.05, 0) is 49.4 Å². The van der Waals surface area contributed by atoms with Gasteiger partial charge in [0, 0.05) is 25.2 Å². The number of hydrogen-bond donors (Lipinski definition) is 1. The first-order valence-corrected chi connectivity index (χ1v) is 7.38. The summed E-state index contributed by atoms with van der Waals surface area (Å²) < 4.78 is 0. The van der Waals surface area contributed by atoms with E-state index in [1.807, 2.05) is 4.90 Å². The first-order chi connectivity index (χ1) is 9.25. The molecule has 1 N–H and O–H groups in total. The maximum absolute atomic E-state index is 11.6. The van der Waals surface area contributed by atoms with Gasteiger partial charge >= 0.3 is 0 Å². The van der Waals surface area contributed by atoms with E-state index in [4.69, 9.17) is 0 Å². The minimum absolute atomic E-state index is 0.159. The third-order valence-corrected chi connectivity index (χ3v) is 4.38. The fourth-order valence-electron chi connectivity index (χ4n) is 3.39. The summed E-state index contributed by atoms with van der Waals surface area (Å²) in [7, 11) is 0. The highest BCUT2D eigenvalue weighted by Gasteiger charge is 2.25. The first kappa shape index (κ1) is 12.7. The Balaban J connectivity index is 1.81. The van der Waals surface area contributed by atoms with Crippen molar-refractivity contribution in [1.82, 2.24) is 5.32 Å². The molecule has 0 saturated carbocycles. The Kier molecular flexibility index (Phi) is 3.56. The number of piperidine rings is 1. The zero-order valence-electron chi connectivity index (χ0n) is 11.6. The third kappa shape index (κ3) is 2.52. The zero-order valence-corrected chi connectivity index (χ0v) is 11.6. The van der Waals surface area contributed by atoms with Gasteiger partial charge in [0.1, 0.15) is 0 Å². The largest absolute Gasteiger partial charge is 0.314 e. The van der Waals surface area contributed by atoms with E-state index in [1.54, 1.807) is 6.92 Å². The summed E-state index contributed by atoms with van der Waals surface area (Å²) in [6.45, 7) is 3.66. The normalized spacial score (nSPS) is 22.4. The number of anilines is 1. The predicted octanol–water partition coefficient (Wildman–Crippen LogP) is 2.28. The number of nitrogens with one attached hydrogen (secondary N) is 1. The lowest BCUT2D eigenvalue weighted by Crippen LogP contribution is -2.35. The zero-order chi connectivity index (χ0) is 13.2. The molecular weight excluding hydrogens is 236 g/mol. The van der Waals surface area contributed by atoms with Gasteiger partial charge in [0.05, 0.1) is 0 Å². The molecule has 1 fully saturated rings. The van der Waals surface area contributed by atoms with Crippen LogP contribution in [0, 0.1) is 0 Å². The number of amides is 1. The molecule has 2 aliphatic heterocycles. The molecule has 102 valence electrons. The van der Waals surface area contributed by atoms with Crippen LogP contribution in [0.15, 0.2) is 18.2 Å². The van der Waals surface area contributed by atoms with E-state index >= 15 is 0 Å². The summed E-state index contributed by atoms with van der Waals surface area (Å²) in [5.74, 6) is 0.159. The highest BCUT2D eigenvalue weighted by atomic mass is 16.2. The van der Waals surface area contributed by atoms with Crippen LogP contribution in [0.1, 0.15) is 37.3 Å². The topological polar surface area (TPSA) is 32.3 Å². The van der Waals surface area contributed by atoms with Gasteiger partial charge in [-0.25, -0.2) is 0 Å². The fourth-order valence-corrected chi connectivity index (χ4v) is 3.39. The van der Waals surface area contributed by atoms with Crippen LogP contribution < -0.4 is 10.2 Å². The lowest BCUT2D eigenvalue weighted by molar-refractivity contribution is -0.116. The summed E-state index contributed by atoms with van der Waals surface area (Å²) in [6, 6.07) is 7.03. The molecule has 0 aliphatic carbocycles. The van der Waals surface area contributed by atoms with Crippen molar-refractivity contribution in [3.8, 4) is 0 Å². The number of carbonyl (C=O) groups excluding carboxylic acids is 1. The first-order valence-electron chi connectivity index (χ1n) is 7.38. The van der Waals surface area contributed by atoms with E-state index in [0.717, 1.165) is 31.6 Å². The van der Waals surface area contributed by atoms with Crippen molar-refractivity contribution in [3.05, 3.63) is 29.3 Å². The second-order valence-corrected chi connectivity index (χ2v) is 5.69. The number of benzene rings is 1. The van der Waals surface area contributed by atoms with E-state index in [0.29, 0.717) is 6.04 Å². The van der Waals surface area contributed by atoms with Crippen molar-refractivity contribution in [2.45, 2.75) is 45.1 Å². The van der Waals surface area contributed by atoms with Crippen LogP contribution in [0.4, 0.5) is 5.69 Å². The van der Waals surface area contributed by atoms with Gasteiger partial charge < -0.3 is 10.2 Å². The molecule has 1 amide bonds. The molecule has 19 heavy (non-hydrogen) atoms. The van der Waals surface area contributed by atoms with Crippen molar-refractivity contribution in [2.75, 3.05) is 18.0 Å². The van der Waals surface area contributed by atoms with Crippen molar-refractivity contribution < 1.29 is 4.79 Å². The van der Waals surface area contributed by atoms with E-state index in [2.05, 4.69) is 23.5 Å². The average molecular weight is 258 g/mol. The number of rotatable bonds is 2. The molecule has 2 aliphatic rings. The lowest BCUT2D eigenvalue weighted by Gasteiger charge is -2.24. The van der Waals surface area contributed by atoms with Gasteiger partial charge in [-0.15, -0.1) is 0 Å². The quantitative estimate of drug-likeness (QED) is 0.882. The molecule has 1 atom stereocenters. The second kappa shape index (κ2) is 5.33. The van der Waals surface area contributed by atoms with Crippen LogP contribution >= 0.6 is 0 Å². The van der Waals surface area contributed by atoms with E-state index in [1.165, 1.54) is 30.4 Å². The lowest BCUT2D eigenvalue weighted by atomic mass is 9.94. The SMILES string of the molecule is CC(=O)N1CCc2c(CC3CCCCN3)cccc21.